The maximum Gasteiger partial charge on any atom is 0.141 e. The fourth-order valence-electron chi connectivity index (χ4n) is 0.397. The summed E-state index contributed by atoms with van der Waals surface area (Å²) in [6.07, 6.45) is 1.30. The average molecular weight is 105 g/mol. The molecular formula is C5H4BNO. The smallest absolute Gasteiger partial charge is 0.141 e. The Hall–Kier alpha value is -0.985. The van der Waals surface area contributed by atoms with Crippen molar-refractivity contribution in [3.05, 3.63) is 18.3 Å². The zero-order valence-corrected chi connectivity index (χ0v) is 4.20. The molecule has 1 rings (SSSR count). The third-order valence-corrected chi connectivity index (χ3v) is 0.771. The predicted octanol–water partition coefficient (Wildman–Crippen LogP) is -0.419. The molecule has 0 bridgehead atoms. The van der Waals surface area contributed by atoms with Crippen LogP contribution in [-0.2, 0) is 0 Å². The van der Waals surface area contributed by atoms with Gasteiger partial charge in [0.2, 0.25) is 0 Å². The molecule has 38 valence electrons. The van der Waals surface area contributed by atoms with Crippen LogP contribution in [0.4, 0.5) is 0 Å². The highest BCUT2D eigenvalue weighted by atomic mass is 16.3. The molecule has 1 N–H and O–H groups in total. The van der Waals surface area contributed by atoms with E-state index in [1.807, 2.05) is 0 Å². The summed E-state index contributed by atoms with van der Waals surface area (Å²) in [7, 11) is 5.20. The zero-order valence-electron chi connectivity index (χ0n) is 4.20. The van der Waals surface area contributed by atoms with Crippen molar-refractivity contribution in [2.75, 3.05) is 0 Å². The second kappa shape index (κ2) is 1.86. The Morgan fingerprint density at radius 1 is 1.50 bits per heavy atom. The highest BCUT2D eigenvalue weighted by Crippen LogP contribution is 1.98. The van der Waals surface area contributed by atoms with Crippen LogP contribution < -0.4 is 5.59 Å². The first kappa shape index (κ1) is 5.16. The summed E-state index contributed by atoms with van der Waals surface area (Å²) in [5.74, 6) is 0.138. The van der Waals surface area contributed by atoms with E-state index >= 15 is 0 Å². The first-order valence-corrected chi connectivity index (χ1v) is 2.19. The highest BCUT2D eigenvalue weighted by Gasteiger charge is 1.83. The fraction of sp³-hybridized carbons (Fsp3) is 0. The number of hydrogen-bond acceptors (Lipinski definition) is 2. The largest absolute Gasteiger partial charge is 0.506 e. The lowest BCUT2D eigenvalue weighted by Gasteiger charge is -1.89. The molecule has 0 aromatic carbocycles. The maximum atomic E-state index is 8.64. The number of rotatable bonds is 0. The number of aromatic nitrogens is 1. The number of nitrogens with zero attached hydrogens (tertiary/aromatic N) is 1. The van der Waals surface area contributed by atoms with Gasteiger partial charge in [0.05, 0.1) is 6.20 Å². The normalized spacial score (nSPS) is 9.00. The Balaban J connectivity index is 3.03. The topological polar surface area (TPSA) is 33.1 Å². The van der Waals surface area contributed by atoms with E-state index in [4.69, 9.17) is 13.0 Å². The van der Waals surface area contributed by atoms with Crippen LogP contribution in [0.15, 0.2) is 18.3 Å². The van der Waals surface area contributed by atoms with Crippen molar-refractivity contribution in [1.82, 2.24) is 4.98 Å². The monoisotopic (exact) mass is 105 g/mol. The molecule has 0 atom stereocenters. The summed E-state index contributed by atoms with van der Waals surface area (Å²) in [6, 6.07) is 3.03. The molecule has 1 aromatic heterocycles. The van der Waals surface area contributed by atoms with Crippen molar-refractivity contribution in [3.63, 3.8) is 0 Å². The summed E-state index contributed by atoms with van der Waals surface area (Å²) >= 11 is 0. The van der Waals surface area contributed by atoms with E-state index in [0.717, 1.165) is 0 Å². The minimum absolute atomic E-state index is 0.138. The summed E-state index contributed by atoms with van der Waals surface area (Å²) in [5.41, 5.74) is 0.419. The Morgan fingerprint density at radius 3 is 2.62 bits per heavy atom. The molecule has 0 spiro atoms. The maximum absolute atomic E-state index is 8.64. The molecule has 3 heteroatoms. The Morgan fingerprint density at radius 2 is 2.25 bits per heavy atom. The number of aromatic hydroxyl groups is 1. The van der Waals surface area contributed by atoms with Gasteiger partial charge in [-0.05, 0) is 17.7 Å². The number of pyridine rings is 1. The van der Waals surface area contributed by atoms with Crippen molar-refractivity contribution in [2.45, 2.75) is 0 Å². The Bertz CT molecular complexity index is 151. The lowest BCUT2D eigenvalue weighted by Crippen LogP contribution is -2.04. The van der Waals surface area contributed by atoms with Crippen LogP contribution >= 0.6 is 0 Å². The third-order valence-electron chi connectivity index (χ3n) is 0.771. The second-order valence-electron chi connectivity index (χ2n) is 1.44. The molecule has 2 radical (unpaired) electrons. The molecule has 2 nitrogen and oxygen atoms in total. The summed E-state index contributed by atoms with van der Waals surface area (Å²) < 4.78 is 0. The van der Waals surface area contributed by atoms with Gasteiger partial charge in [-0.2, -0.15) is 0 Å². The van der Waals surface area contributed by atoms with Crippen molar-refractivity contribution < 1.29 is 5.11 Å². The van der Waals surface area contributed by atoms with Crippen LogP contribution in [-0.4, -0.2) is 17.9 Å². The molecule has 0 amide bonds. The Kier molecular flexibility index (Phi) is 1.20. The van der Waals surface area contributed by atoms with Gasteiger partial charge < -0.3 is 5.11 Å². The van der Waals surface area contributed by atoms with E-state index in [9.17, 15) is 0 Å². The standard InChI is InChI=1S/C5H4BNO/c6-5-2-1-4(8)3-7-5/h1-3,8H. The fourth-order valence-corrected chi connectivity index (χ4v) is 0.397. The predicted molar refractivity (Wildman–Crippen MR) is 31.3 cm³/mol. The van der Waals surface area contributed by atoms with Gasteiger partial charge >= 0.3 is 0 Å². The van der Waals surface area contributed by atoms with Gasteiger partial charge in [0, 0.05) is 0 Å². The van der Waals surface area contributed by atoms with Crippen molar-refractivity contribution in [3.8, 4) is 5.75 Å². The molecule has 0 saturated heterocycles. The average Bonchev–Trinajstić information content (AvgIpc) is 1.77. The molecule has 1 aromatic rings. The molecule has 8 heavy (non-hydrogen) atoms. The van der Waals surface area contributed by atoms with Crippen LogP contribution in [0.25, 0.3) is 0 Å². The Labute approximate surface area is 48.6 Å². The van der Waals surface area contributed by atoms with Crippen LogP contribution in [0.5, 0.6) is 5.75 Å². The van der Waals surface area contributed by atoms with Gasteiger partial charge in [-0.3, -0.25) is 4.98 Å². The SMILES string of the molecule is [B]c1ccc(O)cn1. The van der Waals surface area contributed by atoms with Crippen LogP contribution in [0.1, 0.15) is 0 Å². The van der Waals surface area contributed by atoms with Gasteiger partial charge in [-0.15, -0.1) is 0 Å². The van der Waals surface area contributed by atoms with E-state index < -0.39 is 0 Å². The van der Waals surface area contributed by atoms with Crippen molar-refractivity contribution >= 4 is 13.4 Å². The van der Waals surface area contributed by atoms with E-state index in [0.29, 0.717) is 5.59 Å². The first-order chi connectivity index (χ1) is 3.79. The molecular weight excluding hydrogens is 101 g/mol. The summed E-state index contributed by atoms with van der Waals surface area (Å²) in [6.45, 7) is 0. The minimum atomic E-state index is 0.138. The molecule has 0 unspecified atom stereocenters. The van der Waals surface area contributed by atoms with Crippen LogP contribution in [0.2, 0.25) is 0 Å². The molecule has 0 aliphatic carbocycles. The zero-order chi connectivity index (χ0) is 5.98. The van der Waals surface area contributed by atoms with Gasteiger partial charge in [0.15, 0.2) is 0 Å². The number of hydrogen-bond donors (Lipinski definition) is 1. The molecule has 0 saturated carbocycles. The molecule has 1 heterocycles. The van der Waals surface area contributed by atoms with E-state index in [2.05, 4.69) is 4.98 Å². The van der Waals surface area contributed by atoms with E-state index in [1.54, 1.807) is 0 Å². The molecule has 0 aliphatic heterocycles. The van der Waals surface area contributed by atoms with Crippen molar-refractivity contribution in [1.29, 1.82) is 0 Å². The van der Waals surface area contributed by atoms with Gasteiger partial charge in [0.25, 0.3) is 0 Å². The quantitative estimate of drug-likeness (QED) is 0.454. The van der Waals surface area contributed by atoms with E-state index in [1.165, 1.54) is 18.3 Å². The second-order valence-corrected chi connectivity index (χ2v) is 1.44. The van der Waals surface area contributed by atoms with Crippen LogP contribution in [0.3, 0.4) is 0 Å². The van der Waals surface area contributed by atoms with E-state index in [-0.39, 0.29) is 5.75 Å². The van der Waals surface area contributed by atoms with Gasteiger partial charge in [0.1, 0.15) is 13.6 Å². The lowest BCUT2D eigenvalue weighted by atomic mass is 10.0. The van der Waals surface area contributed by atoms with Gasteiger partial charge in [-0.25, -0.2) is 0 Å². The minimum Gasteiger partial charge on any atom is -0.506 e. The summed E-state index contributed by atoms with van der Waals surface area (Å²) in [5, 5.41) is 8.64. The van der Waals surface area contributed by atoms with Gasteiger partial charge in [-0.1, -0.05) is 0 Å². The molecule has 0 fully saturated rings. The first-order valence-electron chi connectivity index (χ1n) is 2.19. The molecule has 0 aliphatic rings. The highest BCUT2D eigenvalue weighted by molar-refractivity contribution is 6.30. The lowest BCUT2D eigenvalue weighted by molar-refractivity contribution is 0.473. The summed E-state index contributed by atoms with van der Waals surface area (Å²) in [4.78, 5) is 3.61. The third kappa shape index (κ3) is 0.995. The van der Waals surface area contributed by atoms with Crippen LogP contribution in [0, 0.1) is 0 Å². The van der Waals surface area contributed by atoms with Crippen molar-refractivity contribution in [2.24, 2.45) is 0 Å².